The minimum absolute atomic E-state index is 0.0766. The van der Waals surface area contributed by atoms with Crippen molar-refractivity contribution < 1.29 is 22.8 Å². The third kappa shape index (κ3) is 6.42. The quantitative estimate of drug-likeness (QED) is 0.638. The van der Waals surface area contributed by atoms with E-state index in [0.717, 1.165) is 17.4 Å². The molecule has 0 spiro atoms. The molecule has 2 heterocycles. The molecule has 0 aliphatic carbocycles. The van der Waals surface area contributed by atoms with Crippen LogP contribution in [0.15, 0.2) is 30.5 Å². The first-order valence-corrected chi connectivity index (χ1v) is 11.7. The highest BCUT2D eigenvalue weighted by Gasteiger charge is 2.42. The van der Waals surface area contributed by atoms with Crippen LogP contribution in [0.25, 0.3) is 5.69 Å². The van der Waals surface area contributed by atoms with Gasteiger partial charge in [0.25, 0.3) is 5.91 Å². The van der Waals surface area contributed by atoms with E-state index < -0.39 is 23.3 Å². The molecule has 0 saturated carbocycles. The van der Waals surface area contributed by atoms with Gasteiger partial charge in [0.15, 0.2) is 5.69 Å². The van der Waals surface area contributed by atoms with Crippen molar-refractivity contribution in [3.8, 4) is 5.69 Å². The summed E-state index contributed by atoms with van der Waals surface area (Å²) in [6, 6.07) is 6.58. The minimum atomic E-state index is -4.76. The molecule has 0 unspecified atom stereocenters. The Kier molecular flexibility index (Phi) is 7.93. The third-order valence-electron chi connectivity index (χ3n) is 6.25. The topological polar surface area (TPSA) is 70.5 Å². The summed E-state index contributed by atoms with van der Waals surface area (Å²) >= 11 is 0. The monoisotopic (exact) mass is 493 g/mol. The summed E-state index contributed by atoms with van der Waals surface area (Å²) < 4.78 is 42.9. The Morgan fingerprint density at radius 2 is 1.77 bits per heavy atom. The Labute approximate surface area is 204 Å². The summed E-state index contributed by atoms with van der Waals surface area (Å²) in [7, 11) is 3.95. The number of nitrogens with zero attached hydrogens (tertiary/aromatic N) is 4. The van der Waals surface area contributed by atoms with Crippen LogP contribution >= 0.6 is 0 Å². The number of piperidine rings is 1. The number of rotatable bonds is 7. The number of amides is 2. The fraction of sp³-hybridized carbons (Fsp3) is 0.560. The largest absolute Gasteiger partial charge is 0.434 e. The fourth-order valence-corrected chi connectivity index (χ4v) is 4.66. The number of aromatic nitrogens is 2. The molecule has 1 aliphatic rings. The van der Waals surface area contributed by atoms with Gasteiger partial charge < -0.3 is 15.1 Å². The van der Waals surface area contributed by atoms with Crippen molar-refractivity contribution in [1.29, 1.82) is 0 Å². The van der Waals surface area contributed by atoms with Crippen LogP contribution in [0.2, 0.25) is 0 Å². The van der Waals surface area contributed by atoms with Gasteiger partial charge in [-0.3, -0.25) is 9.59 Å². The Balaban J connectivity index is 1.69. The van der Waals surface area contributed by atoms with Crippen LogP contribution in [0.1, 0.15) is 48.3 Å². The van der Waals surface area contributed by atoms with E-state index in [0.29, 0.717) is 24.9 Å². The number of halogens is 3. The smallest absolute Gasteiger partial charge is 0.355 e. The molecule has 192 valence electrons. The van der Waals surface area contributed by atoms with Gasteiger partial charge in [0, 0.05) is 32.1 Å². The Morgan fingerprint density at radius 1 is 1.14 bits per heavy atom. The Bertz CT molecular complexity index is 1050. The van der Waals surface area contributed by atoms with Gasteiger partial charge in [-0.1, -0.05) is 32.0 Å². The highest BCUT2D eigenvalue weighted by molar-refractivity contribution is 5.95. The van der Waals surface area contributed by atoms with Crippen molar-refractivity contribution in [3.05, 3.63) is 47.3 Å². The first-order valence-electron chi connectivity index (χ1n) is 11.7. The second-order valence-corrected chi connectivity index (χ2v) is 10.3. The predicted molar refractivity (Wildman–Crippen MR) is 127 cm³/mol. The van der Waals surface area contributed by atoms with Crippen LogP contribution in [0.5, 0.6) is 0 Å². The summed E-state index contributed by atoms with van der Waals surface area (Å²) in [6.45, 7) is 7.60. The normalized spacial score (nSPS) is 15.5. The van der Waals surface area contributed by atoms with Crippen molar-refractivity contribution in [3.63, 3.8) is 0 Å². The van der Waals surface area contributed by atoms with E-state index in [1.807, 2.05) is 14.1 Å². The molecule has 0 atom stereocenters. The van der Waals surface area contributed by atoms with Crippen molar-refractivity contribution >= 4 is 11.8 Å². The molecule has 1 aromatic carbocycles. The Hall–Kier alpha value is -2.88. The molecule has 0 radical (unpaired) electrons. The van der Waals surface area contributed by atoms with Crippen LogP contribution in [-0.2, 0) is 11.0 Å². The number of hydrogen-bond donors (Lipinski definition) is 1. The highest BCUT2D eigenvalue weighted by atomic mass is 19.4. The number of carbonyl (C=O) groups excluding carboxylic acids is 2. The molecule has 1 aliphatic heterocycles. The van der Waals surface area contributed by atoms with Crippen LogP contribution in [-0.4, -0.2) is 71.7 Å². The number of carbonyl (C=O) groups is 2. The van der Waals surface area contributed by atoms with E-state index in [4.69, 9.17) is 0 Å². The highest BCUT2D eigenvalue weighted by Crippen LogP contribution is 2.35. The number of nitrogens with one attached hydrogen (secondary N) is 1. The van der Waals surface area contributed by atoms with Gasteiger partial charge in [-0.2, -0.15) is 18.3 Å². The molecule has 1 saturated heterocycles. The predicted octanol–water partition coefficient (Wildman–Crippen LogP) is 3.76. The van der Waals surface area contributed by atoms with E-state index in [1.54, 1.807) is 25.1 Å². The summed E-state index contributed by atoms with van der Waals surface area (Å²) in [5.74, 6) is -1.07. The number of aryl methyl sites for hydroxylation is 1. The molecular weight excluding hydrogens is 459 g/mol. The van der Waals surface area contributed by atoms with Gasteiger partial charge in [0.1, 0.15) is 0 Å². The number of benzene rings is 1. The van der Waals surface area contributed by atoms with Crippen molar-refractivity contribution in [1.82, 2.24) is 24.9 Å². The third-order valence-corrected chi connectivity index (χ3v) is 6.25. The zero-order valence-electron chi connectivity index (χ0n) is 20.9. The van der Waals surface area contributed by atoms with Gasteiger partial charge in [0.05, 0.1) is 17.4 Å². The second-order valence-electron chi connectivity index (χ2n) is 10.3. The second kappa shape index (κ2) is 10.4. The molecule has 3 rings (SSSR count). The van der Waals surface area contributed by atoms with Crippen LogP contribution < -0.4 is 5.32 Å². The summed E-state index contributed by atoms with van der Waals surface area (Å²) in [5.41, 5.74) is -0.776. The van der Waals surface area contributed by atoms with Crippen LogP contribution in [0.3, 0.4) is 0 Å². The maximum absolute atomic E-state index is 14.0. The van der Waals surface area contributed by atoms with Gasteiger partial charge >= 0.3 is 6.18 Å². The van der Waals surface area contributed by atoms with Crippen LogP contribution in [0, 0.1) is 18.3 Å². The van der Waals surface area contributed by atoms with E-state index in [9.17, 15) is 22.8 Å². The molecule has 7 nitrogen and oxygen atoms in total. The first-order chi connectivity index (χ1) is 16.3. The lowest BCUT2D eigenvalue weighted by Gasteiger charge is -2.33. The molecule has 0 bridgehead atoms. The summed E-state index contributed by atoms with van der Waals surface area (Å²) in [6.07, 6.45) is -2.97. The number of alkyl halides is 3. The Morgan fingerprint density at radius 3 is 2.34 bits per heavy atom. The van der Waals surface area contributed by atoms with Gasteiger partial charge in [-0.15, -0.1) is 0 Å². The van der Waals surface area contributed by atoms with Gasteiger partial charge in [0.2, 0.25) is 5.91 Å². The van der Waals surface area contributed by atoms with E-state index >= 15 is 0 Å². The van der Waals surface area contributed by atoms with E-state index in [1.165, 1.54) is 11.0 Å². The maximum Gasteiger partial charge on any atom is 0.434 e. The minimum Gasteiger partial charge on any atom is -0.355 e. The summed E-state index contributed by atoms with van der Waals surface area (Å²) in [4.78, 5) is 29.2. The lowest BCUT2D eigenvalue weighted by molar-refractivity contribution is -0.143. The first kappa shape index (κ1) is 26.7. The molecule has 1 aromatic heterocycles. The average Bonchev–Trinajstić information content (AvgIpc) is 3.22. The maximum atomic E-state index is 14.0. The van der Waals surface area contributed by atoms with Crippen molar-refractivity contribution in [2.45, 2.75) is 39.8 Å². The molecule has 1 N–H and O–H groups in total. The average molecular weight is 494 g/mol. The SMILES string of the molecule is Cc1ccccc1-n1ncc(C(=O)N2CCC(C(=O)NCC(C)(C)CN(C)C)CC2)c1C(F)(F)F. The molecule has 2 aromatic rings. The van der Waals surface area contributed by atoms with Crippen molar-refractivity contribution in [2.75, 3.05) is 40.3 Å². The lowest BCUT2D eigenvalue weighted by Crippen LogP contribution is -2.46. The number of hydrogen-bond acceptors (Lipinski definition) is 4. The number of likely N-dealkylation sites (tertiary alicyclic amines) is 1. The molecule has 2 amide bonds. The molecule has 10 heteroatoms. The molecule has 1 fully saturated rings. The summed E-state index contributed by atoms with van der Waals surface area (Å²) in [5, 5.41) is 6.92. The zero-order chi connectivity index (χ0) is 26.0. The zero-order valence-corrected chi connectivity index (χ0v) is 20.9. The van der Waals surface area contributed by atoms with Gasteiger partial charge in [-0.25, -0.2) is 4.68 Å². The molecular formula is C25H34F3N5O2. The standard InChI is InChI=1S/C25H34F3N5O2/c1-17-8-6-7-9-20(17)33-21(25(26,27)28)19(14-30-33)23(35)32-12-10-18(11-13-32)22(34)29-15-24(2,3)16-31(4)5/h6-9,14,18H,10-13,15-16H2,1-5H3,(H,29,34). The fourth-order valence-electron chi connectivity index (χ4n) is 4.66. The van der Waals surface area contributed by atoms with E-state index in [-0.39, 0.29) is 36.0 Å². The van der Waals surface area contributed by atoms with E-state index in [2.05, 4.69) is 29.2 Å². The van der Waals surface area contributed by atoms with Crippen LogP contribution in [0.4, 0.5) is 13.2 Å². The lowest BCUT2D eigenvalue weighted by atomic mass is 9.91. The number of para-hydroxylation sites is 1. The molecule has 35 heavy (non-hydrogen) atoms. The van der Waals surface area contributed by atoms with Gasteiger partial charge in [-0.05, 0) is 50.9 Å². The van der Waals surface area contributed by atoms with Crippen molar-refractivity contribution in [2.24, 2.45) is 11.3 Å².